The Kier molecular flexibility index (Phi) is 4.75. The van der Waals surface area contributed by atoms with Crippen LogP contribution in [0.25, 0.3) is 16.6 Å². The first-order valence-electron chi connectivity index (χ1n) is 8.58. The molecule has 1 heterocycles. The highest BCUT2D eigenvalue weighted by atomic mass is 15.0. The van der Waals surface area contributed by atoms with E-state index in [0.29, 0.717) is 12.1 Å². The van der Waals surface area contributed by atoms with Crippen molar-refractivity contribution in [1.29, 1.82) is 0 Å². The number of hydrogen-bond donors (Lipinski definition) is 0. The van der Waals surface area contributed by atoms with Gasteiger partial charge in [-0.15, -0.1) is 6.58 Å². The lowest BCUT2D eigenvalue weighted by Gasteiger charge is -2.10. The molecule has 24 heavy (non-hydrogen) atoms. The van der Waals surface area contributed by atoms with Crippen LogP contribution in [0.4, 0.5) is 0 Å². The Morgan fingerprint density at radius 1 is 1.08 bits per heavy atom. The summed E-state index contributed by atoms with van der Waals surface area (Å²) in [5.74, 6) is 0. The van der Waals surface area contributed by atoms with Crippen molar-refractivity contribution in [2.45, 2.75) is 39.7 Å². The van der Waals surface area contributed by atoms with E-state index in [1.807, 2.05) is 0 Å². The van der Waals surface area contributed by atoms with Crippen molar-refractivity contribution in [3.8, 4) is 0 Å². The smallest absolute Gasteiger partial charge is 0.0485 e. The fourth-order valence-electron chi connectivity index (χ4n) is 3.48. The summed E-state index contributed by atoms with van der Waals surface area (Å²) in [5, 5.41) is 1.28. The van der Waals surface area contributed by atoms with E-state index in [4.69, 9.17) is 5.73 Å². The maximum absolute atomic E-state index is 7.80. The van der Waals surface area contributed by atoms with Gasteiger partial charge in [0.15, 0.2) is 0 Å². The van der Waals surface area contributed by atoms with Crippen LogP contribution in [-0.2, 0) is 19.4 Å². The SMILES string of the molecule is C=C([NH-])Cc1c(C)n(CCCc2ccccc2)c2ccc(C)cc12. The zero-order chi connectivity index (χ0) is 17.1. The minimum atomic E-state index is 0.475. The van der Waals surface area contributed by atoms with E-state index in [1.165, 1.54) is 33.3 Å². The minimum Gasteiger partial charge on any atom is -0.702 e. The Balaban J connectivity index is 1.89. The molecular formula is C22H25N2-. The quantitative estimate of drug-likeness (QED) is 0.533. The van der Waals surface area contributed by atoms with Gasteiger partial charge in [0, 0.05) is 23.1 Å². The number of aryl methyl sites for hydroxylation is 3. The van der Waals surface area contributed by atoms with Gasteiger partial charge in [-0.1, -0.05) is 42.0 Å². The first kappa shape index (κ1) is 16.4. The van der Waals surface area contributed by atoms with Gasteiger partial charge in [0.2, 0.25) is 0 Å². The number of nitrogens with zero attached hydrogens (tertiary/aromatic N) is 1. The maximum atomic E-state index is 7.80. The minimum absolute atomic E-state index is 0.475. The number of nitrogens with one attached hydrogen (secondary N) is 1. The third kappa shape index (κ3) is 3.38. The molecule has 2 nitrogen and oxygen atoms in total. The molecule has 3 aromatic rings. The summed E-state index contributed by atoms with van der Waals surface area (Å²) in [6.45, 7) is 9.10. The van der Waals surface area contributed by atoms with Crippen LogP contribution in [0.1, 0.15) is 28.8 Å². The first-order valence-corrected chi connectivity index (χ1v) is 8.58. The predicted molar refractivity (Wildman–Crippen MR) is 103 cm³/mol. The molecule has 1 aromatic heterocycles. The number of benzene rings is 2. The van der Waals surface area contributed by atoms with Crippen molar-refractivity contribution in [3.63, 3.8) is 0 Å². The van der Waals surface area contributed by atoms with Crippen molar-refractivity contribution in [2.24, 2.45) is 0 Å². The zero-order valence-corrected chi connectivity index (χ0v) is 14.6. The number of allylic oxidation sites excluding steroid dienone is 1. The Morgan fingerprint density at radius 3 is 2.54 bits per heavy atom. The highest BCUT2D eigenvalue weighted by Crippen LogP contribution is 2.29. The lowest BCUT2D eigenvalue weighted by Crippen LogP contribution is -2.02. The average molecular weight is 317 g/mol. The lowest BCUT2D eigenvalue weighted by molar-refractivity contribution is 0.646. The van der Waals surface area contributed by atoms with Crippen LogP contribution < -0.4 is 0 Å². The Morgan fingerprint density at radius 2 is 1.83 bits per heavy atom. The maximum Gasteiger partial charge on any atom is 0.0485 e. The summed E-state index contributed by atoms with van der Waals surface area (Å²) in [6.07, 6.45) is 2.84. The molecule has 0 saturated carbocycles. The standard InChI is InChI=1S/C22H25N2/c1-16-11-12-22-21(14-16)20(15-17(2)23)18(3)24(22)13-7-10-19-8-5-4-6-9-19/h4-6,8-9,11-12,14,23H,2,7,10,13,15H2,1,3H3/q-1. The van der Waals surface area contributed by atoms with Crippen LogP contribution in [0.15, 0.2) is 60.8 Å². The zero-order valence-electron chi connectivity index (χ0n) is 14.6. The summed E-state index contributed by atoms with van der Waals surface area (Å²) < 4.78 is 2.41. The fourth-order valence-corrected chi connectivity index (χ4v) is 3.48. The molecule has 0 amide bonds. The number of fused-ring (bicyclic) bond motifs is 1. The summed E-state index contributed by atoms with van der Waals surface area (Å²) >= 11 is 0. The normalized spacial score (nSPS) is 11.1. The van der Waals surface area contributed by atoms with Gasteiger partial charge < -0.3 is 10.3 Å². The third-order valence-electron chi connectivity index (χ3n) is 4.69. The molecule has 0 spiro atoms. The van der Waals surface area contributed by atoms with Crippen molar-refractivity contribution in [1.82, 2.24) is 4.57 Å². The van der Waals surface area contributed by atoms with Crippen molar-refractivity contribution in [2.75, 3.05) is 0 Å². The van der Waals surface area contributed by atoms with Crippen LogP contribution in [0.2, 0.25) is 0 Å². The predicted octanol–water partition coefficient (Wildman–Crippen LogP) is 6.00. The lowest BCUT2D eigenvalue weighted by atomic mass is 10.0. The van der Waals surface area contributed by atoms with Gasteiger partial charge in [-0.05, 0) is 56.4 Å². The Bertz CT molecular complexity index is 857. The van der Waals surface area contributed by atoms with Crippen LogP contribution in [0.5, 0.6) is 0 Å². The van der Waals surface area contributed by atoms with Gasteiger partial charge in [-0.25, -0.2) is 0 Å². The molecule has 3 rings (SSSR count). The molecule has 2 aromatic carbocycles. The number of rotatable bonds is 6. The molecule has 0 unspecified atom stereocenters. The van der Waals surface area contributed by atoms with E-state index < -0.39 is 0 Å². The molecule has 0 saturated heterocycles. The molecule has 0 aliphatic heterocycles. The van der Waals surface area contributed by atoms with Crippen molar-refractivity contribution >= 4 is 10.9 Å². The van der Waals surface area contributed by atoms with E-state index >= 15 is 0 Å². The average Bonchev–Trinajstić information content (AvgIpc) is 2.80. The molecule has 0 aliphatic rings. The molecule has 0 radical (unpaired) electrons. The summed E-state index contributed by atoms with van der Waals surface area (Å²) in [6, 6.07) is 17.3. The van der Waals surface area contributed by atoms with E-state index in [-0.39, 0.29) is 0 Å². The molecule has 0 fully saturated rings. The number of hydrogen-bond acceptors (Lipinski definition) is 0. The van der Waals surface area contributed by atoms with Gasteiger partial charge >= 0.3 is 0 Å². The molecule has 1 N–H and O–H groups in total. The highest BCUT2D eigenvalue weighted by molar-refractivity contribution is 5.86. The molecule has 0 atom stereocenters. The van der Waals surface area contributed by atoms with E-state index in [2.05, 4.69) is 73.5 Å². The molecule has 2 heteroatoms. The fraction of sp³-hybridized carbons (Fsp3) is 0.273. The summed E-state index contributed by atoms with van der Waals surface area (Å²) in [5.41, 5.74) is 14.7. The molecular weight excluding hydrogens is 292 g/mol. The largest absolute Gasteiger partial charge is 0.702 e. The molecule has 0 bridgehead atoms. The monoisotopic (exact) mass is 317 g/mol. The Labute approximate surface area is 144 Å². The van der Waals surface area contributed by atoms with Gasteiger partial charge in [0.25, 0.3) is 0 Å². The summed E-state index contributed by atoms with van der Waals surface area (Å²) in [7, 11) is 0. The molecule has 124 valence electrons. The van der Waals surface area contributed by atoms with Crippen LogP contribution >= 0.6 is 0 Å². The van der Waals surface area contributed by atoms with Crippen LogP contribution in [-0.4, -0.2) is 4.57 Å². The second-order valence-corrected chi connectivity index (χ2v) is 6.61. The van der Waals surface area contributed by atoms with Crippen LogP contribution in [0.3, 0.4) is 0 Å². The van der Waals surface area contributed by atoms with Gasteiger partial charge in [0.05, 0.1) is 0 Å². The first-order chi connectivity index (χ1) is 11.6. The van der Waals surface area contributed by atoms with E-state index in [0.717, 1.165) is 19.4 Å². The number of aromatic nitrogens is 1. The molecule has 0 aliphatic carbocycles. The second kappa shape index (κ2) is 6.96. The van der Waals surface area contributed by atoms with Gasteiger partial charge in [0.1, 0.15) is 0 Å². The van der Waals surface area contributed by atoms with E-state index in [1.54, 1.807) is 0 Å². The van der Waals surface area contributed by atoms with E-state index in [9.17, 15) is 0 Å². The van der Waals surface area contributed by atoms with Gasteiger partial charge in [-0.3, -0.25) is 0 Å². The van der Waals surface area contributed by atoms with Crippen LogP contribution in [0, 0.1) is 13.8 Å². The third-order valence-corrected chi connectivity index (χ3v) is 4.69. The van der Waals surface area contributed by atoms with Gasteiger partial charge in [-0.2, -0.15) is 5.70 Å². The summed E-state index contributed by atoms with van der Waals surface area (Å²) in [4.78, 5) is 0. The Hall–Kier alpha value is -2.48. The van der Waals surface area contributed by atoms with Crippen molar-refractivity contribution < 1.29 is 0 Å². The van der Waals surface area contributed by atoms with Crippen molar-refractivity contribution in [3.05, 3.63) is 88.9 Å². The second-order valence-electron chi connectivity index (χ2n) is 6.61. The highest BCUT2D eigenvalue weighted by Gasteiger charge is 2.13. The topological polar surface area (TPSA) is 28.7 Å².